The second-order valence-electron chi connectivity index (χ2n) is 5.71. The Morgan fingerprint density at radius 3 is 2.85 bits per heavy atom. The standard InChI is InChI=1S/C16H25N3O/c1-4-13-5-10-18-15(11-13)16(20)19(3)12(2)14-6-8-17-9-7-14/h6-9,12-13,15,18H,4-5,10-11H2,1-3H3. The van der Waals surface area contributed by atoms with Gasteiger partial charge in [-0.2, -0.15) is 0 Å². The minimum atomic E-state index is -0.0250. The first-order valence-electron chi connectivity index (χ1n) is 7.53. The van der Waals surface area contributed by atoms with E-state index in [4.69, 9.17) is 0 Å². The number of pyridine rings is 1. The van der Waals surface area contributed by atoms with Gasteiger partial charge in [-0.25, -0.2) is 0 Å². The van der Waals surface area contributed by atoms with Gasteiger partial charge in [0.1, 0.15) is 0 Å². The summed E-state index contributed by atoms with van der Waals surface area (Å²) in [6.07, 6.45) is 6.86. The van der Waals surface area contributed by atoms with Crippen LogP contribution in [0.25, 0.3) is 0 Å². The lowest BCUT2D eigenvalue weighted by Crippen LogP contribution is -2.49. The molecule has 0 saturated carbocycles. The number of nitrogens with zero attached hydrogens (tertiary/aromatic N) is 2. The second-order valence-corrected chi connectivity index (χ2v) is 5.71. The van der Waals surface area contributed by atoms with Gasteiger partial charge in [0, 0.05) is 19.4 Å². The van der Waals surface area contributed by atoms with E-state index >= 15 is 0 Å². The van der Waals surface area contributed by atoms with Crippen molar-refractivity contribution in [3.05, 3.63) is 30.1 Å². The molecule has 0 aromatic carbocycles. The summed E-state index contributed by atoms with van der Waals surface area (Å²) in [6, 6.07) is 3.99. The van der Waals surface area contributed by atoms with Crippen LogP contribution >= 0.6 is 0 Å². The number of amides is 1. The summed E-state index contributed by atoms with van der Waals surface area (Å²) < 4.78 is 0. The van der Waals surface area contributed by atoms with Crippen molar-refractivity contribution in [3.8, 4) is 0 Å². The molecule has 110 valence electrons. The fourth-order valence-corrected chi connectivity index (χ4v) is 2.86. The summed E-state index contributed by atoms with van der Waals surface area (Å²) in [6.45, 7) is 5.22. The van der Waals surface area contributed by atoms with Crippen molar-refractivity contribution in [1.29, 1.82) is 0 Å². The third-order valence-corrected chi connectivity index (χ3v) is 4.50. The van der Waals surface area contributed by atoms with E-state index < -0.39 is 0 Å². The van der Waals surface area contributed by atoms with E-state index in [0.717, 1.165) is 24.9 Å². The Labute approximate surface area is 121 Å². The topological polar surface area (TPSA) is 45.2 Å². The van der Waals surface area contributed by atoms with Gasteiger partial charge in [-0.15, -0.1) is 0 Å². The maximum atomic E-state index is 12.6. The number of carbonyl (C=O) groups is 1. The van der Waals surface area contributed by atoms with Gasteiger partial charge in [-0.3, -0.25) is 9.78 Å². The maximum Gasteiger partial charge on any atom is 0.239 e. The molecule has 0 bridgehead atoms. The van der Waals surface area contributed by atoms with Crippen molar-refractivity contribution in [2.75, 3.05) is 13.6 Å². The zero-order valence-corrected chi connectivity index (χ0v) is 12.7. The molecule has 3 atom stereocenters. The zero-order chi connectivity index (χ0) is 14.5. The molecule has 1 N–H and O–H groups in total. The highest BCUT2D eigenvalue weighted by Gasteiger charge is 2.29. The molecule has 1 aliphatic heterocycles. The molecule has 20 heavy (non-hydrogen) atoms. The molecule has 3 unspecified atom stereocenters. The average Bonchev–Trinajstić information content (AvgIpc) is 2.53. The maximum absolute atomic E-state index is 12.6. The molecule has 2 rings (SSSR count). The molecule has 1 aliphatic rings. The van der Waals surface area contributed by atoms with Crippen molar-refractivity contribution in [3.63, 3.8) is 0 Å². The molecule has 0 aliphatic carbocycles. The third kappa shape index (κ3) is 3.37. The van der Waals surface area contributed by atoms with E-state index in [0.29, 0.717) is 5.92 Å². The number of nitrogens with one attached hydrogen (secondary N) is 1. The van der Waals surface area contributed by atoms with E-state index in [2.05, 4.69) is 24.1 Å². The molecule has 1 amide bonds. The Hall–Kier alpha value is -1.42. The molecular weight excluding hydrogens is 250 g/mol. The second kappa shape index (κ2) is 6.84. The van der Waals surface area contributed by atoms with Crippen LogP contribution in [-0.2, 0) is 4.79 Å². The van der Waals surface area contributed by atoms with E-state index in [-0.39, 0.29) is 18.0 Å². The Bertz CT molecular complexity index is 435. The monoisotopic (exact) mass is 275 g/mol. The van der Waals surface area contributed by atoms with Gasteiger partial charge in [0.2, 0.25) is 5.91 Å². The zero-order valence-electron chi connectivity index (χ0n) is 12.7. The summed E-state index contributed by atoms with van der Waals surface area (Å²) in [5.41, 5.74) is 1.12. The SMILES string of the molecule is CCC1CCNC(C(=O)N(C)C(C)c2ccncc2)C1. The smallest absolute Gasteiger partial charge is 0.239 e. The number of hydrogen-bond donors (Lipinski definition) is 1. The lowest BCUT2D eigenvalue weighted by molar-refractivity contribution is -0.135. The number of hydrogen-bond acceptors (Lipinski definition) is 3. The first-order chi connectivity index (χ1) is 9.63. The molecular formula is C16H25N3O. The van der Waals surface area contributed by atoms with E-state index in [1.807, 2.05) is 24.1 Å². The molecule has 1 saturated heterocycles. The third-order valence-electron chi connectivity index (χ3n) is 4.50. The van der Waals surface area contributed by atoms with Crippen LogP contribution in [0.15, 0.2) is 24.5 Å². The highest BCUT2D eigenvalue weighted by molar-refractivity contribution is 5.82. The van der Waals surface area contributed by atoms with Crippen LogP contribution in [0.1, 0.15) is 44.7 Å². The van der Waals surface area contributed by atoms with Gasteiger partial charge in [-0.05, 0) is 49.9 Å². The van der Waals surface area contributed by atoms with Crippen LogP contribution in [0.3, 0.4) is 0 Å². The molecule has 0 radical (unpaired) electrons. The highest BCUT2D eigenvalue weighted by atomic mass is 16.2. The first kappa shape index (κ1) is 15.0. The summed E-state index contributed by atoms with van der Waals surface area (Å²) in [4.78, 5) is 18.5. The Morgan fingerprint density at radius 1 is 1.50 bits per heavy atom. The summed E-state index contributed by atoms with van der Waals surface area (Å²) in [5.74, 6) is 0.877. The van der Waals surface area contributed by atoms with Crippen LogP contribution < -0.4 is 5.32 Å². The van der Waals surface area contributed by atoms with Gasteiger partial charge >= 0.3 is 0 Å². The first-order valence-corrected chi connectivity index (χ1v) is 7.53. The van der Waals surface area contributed by atoms with Crippen molar-refractivity contribution >= 4 is 5.91 Å². The molecule has 1 fully saturated rings. The molecule has 1 aromatic rings. The van der Waals surface area contributed by atoms with Crippen molar-refractivity contribution in [2.24, 2.45) is 5.92 Å². The number of carbonyl (C=O) groups excluding carboxylic acids is 1. The quantitative estimate of drug-likeness (QED) is 0.917. The largest absolute Gasteiger partial charge is 0.338 e. The average molecular weight is 275 g/mol. The number of piperidine rings is 1. The fraction of sp³-hybridized carbons (Fsp3) is 0.625. The lowest BCUT2D eigenvalue weighted by Gasteiger charge is -2.34. The number of likely N-dealkylation sites (N-methyl/N-ethyl adjacent to an activating group) is 1. The summed E-state index contributed by atoms with van der Waals surface area (Å²) in [7, 11) is 1.89. The molecule has 1 aromatic heterocycles. The minimum absolute atomic E-state index is 0.0250. The van der Waals surface area contributed by atoms with Gasteiger partial charge in [-0.1, -0.05) is 13.3 Å². The van der Waals surface area contributed by atoms with Crippen LogP contribution in [0.5, 0.6) is 0 Å². The molecule has 4 heteroatoms. The van der Waals surface area contributed by atoms with Gasteiger partial charge < -0.3 is 10.2 Å². The lowest BCUT2D eigenvalue weighted by atomic mass is 9.89. The predicted octanol–water partition coefficient (Wildman–Crippen LogP) is 2.38. The normalized spacial score (nSPS) is 24.1. The molecule has 0 spiro atoms. The van der Waals surface area contributed by atoms with Crippen molar-refractivity contribution < 1.29 is 4.79 Å². The van der Waals surface area contributed by atoms with Gasteiger partial charge in [0.25, 0.3) is 0 Å². The van der Waals surface area contributed by atoms with Crippen LogP contribution in [0.4, 0.5) is 0 Å². The van der Waals surface area contributed by atoms with Crippen LogP contribution in [0.2, 0.25) is 0 Å². The predicted molar refractivity (Wildman–Crippen MR) is 80.2 cm³/mol. The van der Waals surface area contributed by atoms with E-state index in [1.54, 1.807) is 12.4 Å². The van der Waals surface area contributed by atoms with Crippen LogP contribution in [0, 0.1) is 5.92 Å². The number of rotatable bonds is 4. The minimum Gasteiger partial charge on any atom is -0.338 e. The Balaban J connectivity index is 2.01. The van der Waals surface area contributed by atoms with Gasteiger partial charge in [0.15, 0.2) is 0 Å². The van der Waals surface area contributed by atoms with Crippen LogP contribution in [-0.4, -0.2) is 35.4 Å². The Kier molecular flexibility index (Phi) is 5.12. The van der Waals surface area contributed by atoms with Gasteiger partial charge in [0.05, 0.1) is 12.1 Å². The summed E-state index contributed by atoms with van der Waals surface area (Å²) >= 11 is 0. The fourth-order valence-electron chi connectivity index (χ4n) is 2.86. The highest BCUT2D eigenvalue weighted by Crippen LogP contribution is 2.23. The molecule has 2 heterocycles. The van der Waals surface area contributed by atoms with Crippen molar-refractivity contribution in [1.82, 2.24) is 15.2 Å². The summed E-state index contributed by atoms with van der Waals surface area (Å²) in [5, 5.41) is 3.37. The number of aromatic nitrogens is 1. The Morgan fingerprint density at radius 2 is 2.20 bits per heavy atom. The van der Waals surface area contributed by atoms with E-state index in [1.165, 1.54) is 6.42 Å². The van der Waals surface area contributed by atoms with E-state index in [9.17, 15) is 4.79 Å². The van der Waals surface area contributed by atoms with Crippen molar-refractivity contribution in [2.45, 2.75) is 45.2 Å². The molecule has 4 nitrogen and oxygen atoms in total.